The van der Waals surface area contributed by atoms with Gasteiger partial charge in [0.15, 0.2) is 0 Å². The molecule has 0 aromatic heterocycles. The van der Waals surface area contributed by atoms with E-state index in [9.17, 15) is 4.79 Å². The molecule has 0 aliphatic carbocycles. The molecule has 0 spiro atoms. The number of carbonyl (C=O) groups excluding carboxylic acids is 1. The lowest BCUT2D eigenvalue weighted by molar-refractivity contribution is -0.115. The fourth-order valence-corrected chi connectivity index (χ4v) is 2.03. The van der Waals surface area contributed by atoms with Gasteiger partial charge in [0.05, 0.1) is 18.1 Å². The molecule has 20 heavy (non-hydrogen) atoms. The first-order chi connectivity index (χ1) is 9.58. The van der Waals surface area contributed by atoms with Crippen LogP contribution in [-0.4, -0.2) is 5.91 Å². The van der Waals surface area contributed by atoms with E-state index in [0.717, 1.165) is 16.8 Å². The molecule has 0 bridgehead atoms. The molecule has 100 valence electrons. The van der Waals surface area contributed by atoms with Crippen LogP contribution in [0.2, 0.25) is 0 Å². The molecule has 3 nitrogen and oxygen atoms in total. The summed E-state index contributed by atoms with van der Waals surface area (Å²) in [6.45, 7) is 4.00. The van der Waals surface area contributed by atoms with Gasteiger partial charge >= 0.3 is 0 Å². The summed E-state index contributed by atoms with van der Waals surface area (Å²) >= 11 is 0. The van der Waals surface area contributed by atoms with Crippen molar-refractivity contribution in [3.63, 3.8) is 0 Å². The van der Waals surface area contributed by atoms with Gasteiger partial charge in [-0.05, 0) is 43.2 Å². The molecule has 0 radical (unpaired) electrons. The van der Waals surface area contributed by atoms with Crippen molar-refractivity contribution in [1.82, 2.24) is 0 Å². The summed E-state index contributed by atoms with van der Waals surface area (Å²) in [7, 11) is 0. The van der Waals surface area contributed by atoms with Gasteiger partial charge < -0.3 is 5.32 Å². The third-order valence-corrected chi connectivity index (χ3v) is 3.10. The van der Waals surface area contributed by atoms with Gasteiger partial charge in [-0.3, -0.25) is 4.79 Å². The third-order valence-electron chi connectivity index (χ3n) is 3.10. The quantitative estimate of drug-likeness (QED) is 0.924. The second-order valence-electron chi connectivity index (χ2n) is 4.85. The molecule has 0 aliphatic heterocycles. The number of benzene rings is 2. The number of rotatable bonds is 3. The first-order valence-electron chi connectivity index (χ1n) is 6.44. The van der Waals surface area contributed by atoms with Gasteiger partial charge in [-0.1, -0.05) is 29.8 Å². The fraction of sp³-hybridized carbons (Fsp3) is 0.176. The van der Waals surface area contributed by atoms with Crippen molar-refractivity contribution < 1.29 is 4.79 Å². The average molecular weight is 264 g/mol. The molecular weight excluding hydrogens is 248 g/mol. The van der Waals surface area contributed by atoms with Gasteiger partial charge in [0.2, 0.25) is 5.91 Å². The molecule has 0 heterocycles. The molecule has 0 aliphatic rings. The number of amides is 1. The van der Waals surface area contributed by atoms with Gasteiger partial charge in [-0.2, -0.15) is 5.26 Å². The predicted molar refractivity (Wildman–Crippen MR) is 79.4 cm³/mol. The molecule has 0 atom stereocenters. The van der Waals surface area contributed by atoms with Crippen molar-refractivity contribution >= 4 is 11.6 Å². The van der Waals surface area contributed by atoms with Crippen molar-refractivity contribution in [2.45, 2.75) is 20.3 Å². The molecule has 0 saturated heterocycles. The molecule has 2 aromatic carbocycles. The van der Waals surface area contributed by atoms with E-state index < -0.39 is 0 Å². The zero-order chi connectivity index (χ0) is 14.5. The molecule has 1 N–H and O–H groups in total. The van der Waals surface area contributed by atoms with E-state index in [1.807, 2.05) is 32.0 Å². The summed E-state index contributed by atoms with van der Waals surface area (Å²) in [5.74, 6) is -0.0540. The number of nitriles is 1. The van der Waals surface area contributed by atoms with Gasteiger partial charge in [0, 0.05) is 5.69 Å². The number of aryl methyl sites for hydroxylation is 2. The number of hydrogen-bond donors (Lipinski definition) is 1. The first kappa shape index (κ1) is 13.8. The minimum atomic E-state index is -0.0540. The van der Waals surface area contributed by atoms with E-state index in [0.29, 0.717) is 12.0 Å². The zero-order valence-corrected chi connectivity index (χ0v) is 11.6. The average Bonchev–Trinajstić information content (AvgIpc) is 2.43. The Labute approximate surface area is 118 Å². The van der Waals surface area contributed by atoms with Gasteiger partial charge in [0.25, 0.3) is 0 Å². The highest BCUT2D eigenvalue weighted by atomic mass is 16.1. The SMILES string of the molecule is Cc1ccc(NC(=O)Cc2ccc(C#N)cc2)c(C)c1. The van der Waals surface area contributed by atoms with E-state index in [1.165, 1.54) is 5.56 Å². The maximum absolute atomic E-state index is 12.0. The molecule has 2 rings (SSSR count). The maximum Gasteiger partial charge on any atom is 0.228 e. The van der Waals surface area contributed by atoms with E-state index in [-0.39, 0.29) is 5.91 Å². The number of nitrogens with one attached hydrogen (secondary N) is 1. The fourth-order valence-electron chi connectivity index (χ4n) is 2.03. The predicted octanol–water partition coefficient (Wildman–Crippen LogP) is 3.36. The zero-order valence-electron chi connectivity index (χ0n) is 11.6. The minimum Gasteiger partial charge on any atom is -0.326 e. The summed E-state index contributed by atoms with van der Waals surface area (Å²) in [4.78, 5) is 12.0. The maximum atomic E-state index is 12.0. The Morgan fingerprint density at radius 2 is 1.85 bits per heavy atom. The number of anilines is 1. The van der Waals surface area contributed by atoms with Crippen LogP contribution in [0.3, 0.4) is 0 Å². The van der Waals surface area contributed by atoms with Crippen LogP contribution in [0.1, 0.15) is 22.3 Å². The van der Waals surface area contributed by atoms with Crippen molar-refractivity contribution in [1.29, 1.82) is 5.26 Å². The standard InChI is InChI=1S/C17H16N2O/c1-12-3-8-16(13(2)9-12)19-17(20)10-14-4-6-15(11-18)7-5-14/h3-9H,10H2,1-2H3,(H,19,20). The Morgan fingerprint density at radius 3 is 2.45 bits per heavy atom. The summed E-state index contributed by atoms with van der Waals surface area (Å²) < 4.78 is 0. The lowest BCUT2D eigenvalue weighted by atomic mass is 10.1. The molecule has 2 aromatic rings. The van der Waals surface area contributed by atoms with Crippen LogP contribution in [0.15, 0.2) is 42.5 Å². The highest BCUT2D eigenvalue weighted by Gasteiger charge is 2.06. The Kier molecular flexibility index (Phi) is 4.17. The van der Waals surface area contributed by atoms with Crippen molar-refractivity contribution in [2.75, 3.05) is 5.32 Å². The molecule has 3 heteroatoms. The van der Waals surface area contributed by atoms with Crippen LogP contribution >= 0.6 is 0 Å². The minimum absolute atomic E-state index is 0.0540. The summed E-state index contributed by atoms with van der Waals surface area (Å²) in [6, 6.07) is 15.0. The van der Waals surface area contributed by atoms with Crippen LogP contribution in [0, 0.1) is 25.2 Å². The number of hydrogen-bond acceptors (Lipinski definition) is 2. The Bertz CT molecular complexity index is 666. The molecule has 0 fully saturated rings. The lowest BCUT2D eigenvalue weighted by Crippen LogP contribution is -2.15. The first-order valence-corrected chi connectivity index (χ1v) is 6.44. The third kappa shape index (κ3) is 3.46. The van der Waals surface area contributed by atoms with Gasteiger partial charge in [-0.25, -0.2) is 0 Å². The van der Waals surface area contributed by atoms with Crippen LogP contribution in [0.4, 0.5) is 5.69 Å². The lowest BCUT2D eigenvalue weighted by Gasteiger charge is -2.09. The topological polar surface area (TPSA) is 52.9 Å². The van der Waals surface area contributed by atoms with E-state index in [1.54, 1.807) is 24.3 Å². The van der Waals surface area contributed by atoms with Gasteiger partial charge in [0.1, 0.15) is 0 Å². The smallest absolute Gasteiger partial charge is 0.228 e. The highest BCUT2D eigenvalue weighted by molar-refractivity contribution is 5.93. The Morgan fingerprint density at radius 1 is 1.15 bits per heavy atom. The van der Waals surface area contributed by atoms with Crippen molar-refractivity contribution in [3.8, 4) is 6.07 Å². The summed E-state index contributed by atoms with van der Waals surface area (Å²) in [5.41, 5.74) is 4.56. The molecule has 0 unspecified atom stereocenters. The van der Waals surface area contributed by atoms with E-state index >= 15 is 0 Å². The normalized spacial score (nSPS) is 9.85. The highest BCUT2D eigenvalue weighted by Crippen LogP contribution is 2.16. The van der Waals surface area contributed by atoms with Crippen LogP contribution in [-0.2, 0) is 11.2 Å². The largest absolute Gasteiger partial charge is 0.326 e. The van der Waals surface area contributed by atoms with Crippen LogP contribution in [0.5, 0.6) is 0 Å². The summed E-state index contributed by atoms with van der Waals surface area (Å²) in [6.07, 6.45) is 0.305. The number of nitrogens with zero attached hydrogens (tertiary/aromatic N) is 1. The summed E-state index contributed by atoms with van der Waals surface area (Å²) in [5, 5.41) is 11.6. The van der Waals surface area contributed by atoms with Crippen molar-refractivity contribution in [2.24, 2.45) is 0 Å². The second-order valence-corrected chi connectivity index (χ2v) is 4.85. The van der Waals surface area contributed by atoms with E-state index in [2.05, 4.69) is 11.4 Å². The van der Waals surface area contributed by atoms with Crippen LogP contribution in [0.25, 0.3) is 0 Å². The Hall–Kier alpha value is -2.60. The van der Waals surface area contributed by atoms with E-state index in [4.69, 9.17) is 5.26 Å². The van der Waals surface area contributed by atoms with Crippen LogP contribution < -0.4 is 5.32 Å². The van der Waals surface area contributed by atoms with Gasteiger partial charge in [-0.15, -0.1) is 0 Å². The van der Waals surface area contributed by atoms with Crippen molar-refractivity contribution in [3.05, 3.63) is 64.7 Å². The monoisotopic (exact) mass is 264 g/mol. The molecule has 1 amide bonds. The number of carbonyl (C=O) groups is 1. The Balaban J connectivity index is 2.03. The molecular formula is C17H16N2O. The second kappa shape index (κ2) is 6.03. The molecule has 0 saturated carbocycles.